The van der Waals surface area contributed by atoms with Gasteiger partial charge in [0.1, 0.15) is 23.6 Å². The number of pyridine rings is 1. The molecule has 42 heavy (non-hydrogen) atoms. The van der Waals surface area contributed by atoms with Crippen LogP contribution in [0.1, 0.15) is 45.4 Å². The molecule has 3 saturated heterocycles. The van der Waals surface area contributed by atoms with Crippen molar-refractivity contribution in [2.45, 2.75) is 69.4 Å². The fraction of sp³-hybridized carbons (Fsp3) is 0.552. The minimum atomic E-state index is -5.03. The van der Waals surface area contributed by atoms with Crippen LogP contribution in [-0.4, -0.2) is 77.1 Å². The number of nitrogens with one attached hydrogen (secondary N) is 1. The van der Waals surface area contributed by atoms with Crippen molar-refractivity contribution < 1.29 is 27.0 Å². The van der Waals surface area contributed by atoms with Crippen LogP contribution in [0.25, 0.3) is 22.2 Å². The van der Waals surface area contributed by atoms with E-state index < -0.39 is 17.9 Å². The first-order chi connectivity index (χ1) is 20.1. The molecule has 3 aromatic rings. The first-order valence-corrected chi connectivity index (χ1v) is 14.7. The summed E-state index contributed by atoms with van der Waals surface area (Å²) < 4.78 is 66.5. The summed E-state index contributed by atoms with van der Waals surface area (Å²) in [6, 6.07) is 4.51. The quantitative estimate of drug-likeness (QED) is 0.314. The van der Waals surface area contributed by atoms with Gasteiger partial charge in [0.2, 0.25) is 0 Å². The fourth-order valence-electron chi connectivity index (χ4n) is 6.71. The van der Waals surface area contributed by atoms with Crippen LogP contribution in [0.2, 0.25) is 5.02 Å². The summed E-state index contributed by atoms with van der Waals surface area (Å²) in [7, 11) is 2.08. The highest BCUT2D eigenvalue weighted by Gasteiger charge is 2.40. The number of benzene rings is 1. The molecular weight excluding hydrogens is 576 g/mol. The number of alkyl halides is 3. The number of likely N-dealkylation sites (tertiary alicyclic amines) is 1. The number of para-hydroxylation sites is 1. The van der Waals surface area contributed by atoms with Gasteiger partial charge in [0.25, 0.3) is 0 Å². The highest BCUT2D eigenvalue weighted by atomic mass is 35.5. The fourth-order valence-corrected chi connectivity index (χ4v) is 6.92. The molecule has 3 fully saturated rings. The maximum atomic E-state index is 16.4. The molecule has 3 aliphatic heterocycles. The lowest BCUT2D eigenvalue weighted by molar-refractivity contribution is -0.274. The number of fused-ring (bicyclic) bond motifs is 3. The summed E-state index contributed by atoms with van der Waals surface area (Å²) in [6.07, 6.45) is 2.37. The highest BCUT2D eigenvalue weighted by molar-refractivity contribution is 6.32. The lowest BCUT2D eigenvalue weighted by atomic mass is 9.92. The van der Waals surface area contributed by atoms with Gasteiger partial charge >= 0.3 is 12.4 Å². The Morgan fingerprint density at radius 1 is 1.17 bits per heavy atom. The highest BCUT2D eigenvalue weighted by Crippen LogP contribution is 2.42. The summed E-state index contributed by atoms with van der Waals surface area (Å²) in [4.78, 5) is 17.9. The van der Waals surface area contributed by atoms with Gasteiger partial charge in [-0.1, -0.05) is 31.0 Å². The monoisotopic (exact) mass is 608 g/mol. The van der Waals surface area contributed by atoms with Crippen molar-refractivity contribution in [3.8, 4) is 23.0 Å². The Morgan fingerprint density at radius 2 is 1.93 bits per heavy atom. The number of ether oxygens (including phenoxy) is 2. The second-order valence-electron chi connectivity index (χ2n) is 11.5. The lowest BCUT2D eigenvalue weighted by Gasteiger charge is -2.36. The summed E-state index contributed by atoms with van der Waals surface area (Å²) in [6.45, 7) is 4.78. The molecular formula is C29H33ClF4N6O2. The molecule has 0 amide bonds. The van der Waals surface area contributed by atoms with Gasteiger partial charge in [0, 0.05) is 36.9 Å². The van der Waals surface area contributed by atoms with Crippen molar-refractivity contribution in [1.29, 1.82) is 0 Å². The molecule has 2 bridgehead atoms. The molecule has 1 N–H and O–H groups in total. The predicted molar refractivity (Wildman–Crippen MR) is 152 cm³/mol. The third-order valence-electron chi connectivity index (χ3n) is 8.73. The van der Waals surface area contributed by atoms with Crippen LogP contribution in [-0.2, 0) is 0 Å². The SMILES string of the molecule is CCCC1(COc2nc(N3CC4CCC(C3)N4)c3cnc(-c4cccc(Cl)c4OC(F)(F)F)c(F)c3n2)CCCN1C. The number of hydrogen-bond donors (Lipinski definition) is 1. The van der Waals surface area contributed by atoms with Crippen molar-refractivity contribution in [2.24, 2.45) is 0 Å². The Kier molecular flexibility index (Phi) is 7.82. The van der Waals surface area contributed by atoms with Gasteiger partial charge in [-0.25, -0.2) is 4.39 Å². The molecule has 3 aliphatic rings. The van der Waals surface area contributed by atoms with Gasteiger partial charge in [-0.2, -0.15) is 9.97 Å². The average molecular weight is 609 g/mol. The molecule has 5 heterocycles. The summed E-state index contributed by atoms with van der Waals surface area (Å²) in [5, 5.41) is 3.61. The minimum absolute atomic E-state index is 0.0214. The van der Waals surface area contributed by atoms with Gasteiger partial charge < -0.3 is 19.7 Å². The molecule has 0 saturated carbocycles. The minimum Gasteiger partial charge on any atom is -0.461 e. The van der Waals surface area contributed by atoms with E-state index in [4.69, 9.17) is 21.3 Å². The molecule has 8 nitrogen and oxygen atoms in total. The van der Waals surface area contributed by atoms with Crippen LogP contribution < -0.4 is 19.7 Å². The Bertz CT molecular complexity index is 1460. The first kappa shape index (κ1) is 29.1. The molecule has 2 aromatic heterocycles. The summed E-state index contributed by atoms with van der Waals surface area (Å²) in [5.41, 5.74) is -0.864. The topological polar surface area (TPSA) is 75.6 Å². The van der Waals surface area contributed by atoms with Crippen molar-refractivity contribution >= 4 is 28.3 Å². The molecule has 13 heteroatoms. The van der Waals surface area contributed by atoms with Crippen molar-refractivity contribution in [2.75, 3.05) is 38.2 Å². The molecule has 1 aromatic carbocycles. The largest absolute Gasteiger partial charge is 0.573 e. The maximum Gasteiger partial charge on any atom is 0.573 e. The van der Waals surface area contributed by atoms with E-state index in [1.54, 1.807) is 0 Å². The van der Waals surface area contributed by atoms with E-state index in [0.717, 1.165) is 45.1 Å². The van der Waals surface area contributed by atoms with Crippen LogP contribution in [0.3, 0.4) is 0 Å². The molecule has 6 rings (SSSR count). The second kappa shape index (κ2) is 11.3. The maximum absolute atomic E-state index is 16.4. The Hall–Kier alpha value is -2.96. The average Bonchev–Trinajstić information content (AvgIpc) is 3.48. The van der Waals surface area contributed by atoms with Crippen LogP contribution in [0.4, 0.5) is 23.4 Å². The van der Waals surface area contributed by atoms with Gasteiger partial charge in [-0.3, -0.25) is 9.88 Å². The van der Waals surface area contributed by atoms with Crippen LogP contribution in [0, 0.1) is 5.82 Å². The number of halogens is 5. The van der Waals surface area contributed by atoms with E-state index in [9.17, 15) is 13.2 Å². The Balaban J connectivity index is 1.45. The number of nitrogens with zero attached hydrogens (tertiary/aromatic N) is 5. The second-order valence-corrected chi connectivity index (χ2v) is 11.9. The molecule has 3 atom stereocenters. The zero-order valence-corrected chi connectivity index (χ0v) is 24.2. The van der Waals surface area contributed by atoms with Gasteiger partial charge in [-0.05, 0) is 57.8 Å². The van der Waals surface area contributed by atoms with Crippen LogP contribution >= 0.6 is 11.6 Å². The zero-order chi connectivity index (χ0) is 29.6. The molecule has 226 valence electrons. The Morgan fingerprint density at radius 3 is 2.60 bits per heavy atom. The summed E-state index contributed by atoms with van der Waals surface area (Å²) in [5.74, 6) is -1.14. The molecule has 3 unspecified atom stereocenters. The smallest absolute Gasteiger partial charge is 0.461 e. The number of aromatic nitrogens is 3. The normalized spacial score (nSPS) is 24.5. The van der Waals surface area contributed by atoms with Crippen LogP contribution in [0.15, 0.2) is 24.4 Å². The van der Waals surface area contributed by atoms with Gasteiger partial charge in [0.15, 0.2) is 11.6 Å². The number of piperazine rings is 1. The van der Waals surface area contributed by atoms with Crippen molar-refractivity contribution in [3.05, 3.63) is 35.2 Å². The van der Waals surface area contributed by atoms with E-state index >= 15 is 4.39 Å². The lowest BCUT2D eigenvalue weighted by Crippen LogP contribution is -2.51. The van der Waals surface area contributed by atoms with E-state index in [-0.39, 0.29) is 45.4 Å². The zero-order valence-electron chi connectivity index (χ0n) is 23.5. The van der Waals surface area contributed by atoms with E-state index in [1.165, 1.54) is 24.4 Å². The van der Waals surface area contributed by atoms with Crippen molar-refractivity contribution in [1.82, 2.24) is 25.2 Å². The molecule has 0 spiro atoms. The number of anilines is 1. The van der Waals surface area contributed by atoms with Gasteiger partial charge in [-0.15, -0.1) is 13.2 Å². The van der Waals surface area contributed by atoms with Crippen molar-refractivity contribution in [3.63, 3.8) is 0 Å². The van der Waals surface area contributed by atoms with Crippen LogP contribution in [0.5, 0.6) is 11.8 Å². The van der Waals surface area contributed by atoms with Gasteiger partial charge in [0.05, 0.1) is 15.9 Å². The Labute approximate surface area is 246 Å². The number of hydrogen-bond acceptors (Lipinski definition) is 8. The predicted octanol–water partition coefficient (Wildman–Crippen LogP) is 5.97. The number of rotatable bonds is 8. The van der Waals surface area contributed by atoms with E-state index in [1.807, 2.05) is 0 Å². The third kappa shape index (κ3) is 5.56. The number of likely N-dealkylation sites (N-methyl/N-ethyl adjacent to an activating group) is 1. The van der Waals surface area contributed by atoms with E-state index in [2.05, 4.69) is 43.8 Å². The summed E-state index contributed by atoms with van der Waals surface area (Å²) >= 11 is 6.06. The molecule has 0 aliphatic carbocycles. The standard InChI is InChI=1S/C29H33ClF4N6O2/c1-3-10-28(11-5-12-39(28)2)16-41-27-37-24-20(26(38-27)40-14-17-8-9-18(15-40)36-17)13-35-23(22(24)31)19-6-4-7-21(30)25(19)42-29(32,33)34/h4,6-7,13,17-18,36H,3,5,8-12,14-16H2,1-2H3. The third-order valence-corrected chi connectivity index (χ3v) is 9.03. The molecule has 0 radical (unpaired) electrons. The first-order valence-electron chi connectivity index (χ1n) is 14.3. The van der Waals surface area contributed by atoms with E-state index in [0.29, 0.717) is 30.9 Å².